The minimum atomic E-state index is -1.56. The summed E-state index contributed by atoms with van der Waals surface area (Å²) in [5, 5.41) is 0. The van der Waals surface area contributed by atoms with Gasteiger partial charge in [-0.15, -0.1) is 0 Å². The van der Waals surface area contributed by atoms with Gasteiger partial charge in [-0.25, -0.2) is 0 Å². The van der Waals surface area contributed by atoms with Gasteiger partial charge < -0.3 is 4.79 Å². The molecule has 0 aromatic rings. The van der Waals surface area contributed by atoms with E-state index in [-0.39, 0.29) is 0 Å². The first-order valence-corrected chi connectivity index (χ1v) is 12.0. The van der Waals surface area contributed by atoms with Crippen molar-refractivity contribution >= 4 is 17.9 Å². The van der Waals surface area contributed by atoms with Crippen LogP contribution in [0, 0.1) is 11.8 Å². The van der Waals surface area contributed by atoms with E-state index in [0.29, 0.717) is 30.3 Å². The molecule has 2 rings (SSSR count). The average molecular weight is 427 g/mol. The molecule has 2 fully saturated rings. The van der Waals surface area contributed by atoms with E-state index >= 15 is 0 Å². The van der Waals surface area contributed by atoms with Crippen molar-refractivity contribution in [2.75, 3.05) is 0 Å². The normalized spacial score (nSPS) is 17.9. The fourth-order valence-electron chi connectivity index (χ4n) is 4.38. The summed E-state index contributed by atoms with van der Waals surface area (Å²) in [7, 11) is 0. The summed E-state index contributed by atoms with van der Waals surface area (Å²) in [5.41, 5.74) is 0. The van der Waals surface area contributed by atoms with Gasteiger partial charge in [0.1, 0.15) is 17.9 Å². The Bertz CT molecular complexity index is 506. The zero-order valence-electron chi connectivity index (χ0n) is 18.5. The third kappa shape index (κ3) is 14.6. The molecule has 0 atom stereocenters. The summed E-state index contributed by atoms with van der Waals surface area (Å²) in [4.78, 5) is 32.1. The SMILES string of the molecule is O=C1CCC(CCCCCC=C(F)F)CC1.O=CCCCCCC1CCC(=O)CC1. The monoisotopic (exact) mass is 426 g/mol. The number of carbonyl (C=O) groups excluding carboxylic acids is 3. The molecule has 2 aliphatic carbocycles. The van der Waals surface area contributed by atoms with Gasteiger partial charge in [-0.1, -0.05) is 38.5 Å². The number of aldehydes is 1. The predicted molar refractivity (Wildman–Crippen MR) is 116 cm³/mol. The first-order chi connectivity index (χ1) is 14.5. The van der Waals surface area contributed by atoms with Crippen LogP contribution >= 0.6 is 0 Å². The van der Waals surface area contributed by atoms with Crippen molar-refractivity contribution < 1.29 is 23.2 Å². The number of Topliss-reactive ketones (excluding diaryl/α,β-unsaturated/α-hetero) is 2. The Labute approximate surface area is 181 Å². The van der Waals surface area contributed by atoms with E-state index in [1.807, 2.05) is 0 Å². The van der Waals surface area contributed by atoms with Crippen molar-refractivity contribution in [3.8, 4) is 0 Å². The van der Waals surface area contributed by atoms with Crippen LogP contribution in [0.3, 0.4) is 0 Å². The third-order valence-electron chi connectivity index (χ3n) is 6.38. The molecule has 5 heteroatoms. The molecule has 172 valence electrons. The first kappa shape index (κ1) is 26.6. The van der Waals surface area contributed by atoms with Crippen LogP contribution in [0.25, 0.3) is 0 Å². The van der Waals surface area contributed by atoms with Crippen LogP contribution < -0.4 is 0 Å². The molecule has 0 saturated heterocycles. The molecule has 0 heterocycles. The van der Waals surface area contributed by atoms with E-state index < -0.39 is 6.08 Å². The molecule has 0 N–H and O–H groups in total. The smallest absolute Gasteiger partial charge is 0.266 e. The summed E-state index contributed by atoms with van der Waals surface area (Å²) in [6.45, 7) is 0. The lowest BCUT2D eigenvalue weighted by atomic mass is 9.85. The lowest BCUT2D eigenvalue weighted by molar-refractivity contribution is -0.121. The Balaban J connectivity index is 0.000000303. The number of carbonyl (C=O) groups is 3. The van der Waals surface area contributed by atoms with E-state index in [1.165, 1.54) is 19.3 Å². The van der Waals surface area contributed by atoms with Crippen LogP contribution in [-0.2, 0) is 14.4 Å². The van der Waals surface area contributed by atoms with E-state index in [2.05, 4.69) is 0 Å². The molecule has 2 aliphatic rings. The largest absolute Gasteiger partial charge is 0.303 e. The van der Waals surface area contributed by atoms with Gasteiger partial charge in [-0.3, -0.25) is 9.59 Å². The van der Waals surface area contributed by atoms with Gasteiger partial charge in [-0.2, -0.15) is 8.78 Å². The number of ketones is 2. The highest BCUT2D eigenvalue weighted by atomic mass is 19.3. The molecule has 30 heavy (non-hydrogen) atoms. The van der Waals surface area contributed by atoms with E-state index in [9.17, 15) is 23.2 Å². The van der Waals surface area contributed by atoms with Gasteiger partial charge in [-0.05, 0) is 62.9 Å². The zero-order chi connectivity index (χ0) is 22.0. The Morgan fingerprint density at radius 1 is 0.700 bits per heavy atom. The zero-order valence-corrected chi connectivity index (χ0v) is 18.5. The van der Waals surface area contributed by atoms with Crippen molar-refractivity contribution in [3.05, 3.63) is 12.2 Å². The molecule has 0 amide bonds. The average Bonchev–Trinajstić information content (AvgIpc) is 2.73. The molecule has 0 aromatic carbocycles. The second-order valence-electron chi connectivity index (χ2n) is 8.90. The molecular weight excluding hydrogens is 386 g/mol. The summed E-state index contributed by atoms with van der Waals surface area (Å²) >= 11 is 0. The number of rotatable bonds is 12. The van der Waals surface area contributed by atoms with Gasteiger partial charge in [0.2, 0.25) is 0 Å². The third-order valence-corrected chi connectivity index (χ3v) is 6.38. The second-order valence-corrected chi connectivity index (χ2v) is 8.90. The molecular formula is C25H40F2O3. The number of allylic oxidation sites excluding steroid dienone is 1. The van der Waals surface area contributed by atoms with Crippen LogP contribution in [0.5, 0.6) is 0 Å². The molecule has 0 aromatic heterocycles. The predicted octanol–water partition coefficient (Wildman–Crippen LogP) is 7.37. The van der Waals surface area contributed by atoms with Crippen LogP contribution in [0.2, 0.25) is 0 Å². The van der Waals surface area contributed by atoms with Gasteiger partial charge in [0.05, 0.1) is 0 Å². The van der Waals surface area contributed by atoms with Crippen LogP contribution in [0.15, 0.2) is 12.2 Å². The highest BCUT2D eigenvalue weighted by molar-refractivity contribution is 5.79. The van der Waals surface area contributed by atoms with Crippen LogP contribution in [-0.4, -0.2) is 17.9 Å². The van der Waals surface area contributed by atoms with Crippen LogP contribution in [0.1, 0.15) is 116 Å². The summed E-state index contributed by atoms with van der Waals surface area (Å²) in [6, 6.07) is 0. The van der Waals surface area contributed by atoms with E-state index in [4.69, 9.17) is 0 Å². The maximum atomic E-state index is 11.7. The molecule has 0 spiro atoms. The topological polar surface area (TPSA) is 51.2 Å². The van der Waals surface area contributed by atoms with Gasteiger partial charge in [0, 0.05) is 32.1 Å². The van der Waals surface area contributed by atoms with Crippen molar-refractivity contribution in [2.24, 2.45) is 11.8 Å². The summed E-state index contributed by atoms with van der Waals surface area (Å²) in [6.07, 6.45) is 17.9. The first-order valence-electron chi connectivity index (χ1n) is 12.0. The van der Waals surface area contributed by atoms with Crippen LogP contribution in [0.4, 0.5) is 8.78 Å². The molecule has 3 nitrogen and oxygen atoms in total. The minimum Gasteiger partial charge on any atom is -0.303 e. The van der Waals surface area contributed by atoms with Gasteiger partial charge in [0.15, 0.2) is 0 Å². The lowest BCUT2D eigenvalue weighted by Gasteiger charge is -2.20. The molecule has 0 aliphatic heterocycles. The highest BCUT2D eigenvalue weighted by Crippen LogP contribution is 2.27. The molecule has 0 unspecified atom stereocenters. The molecule has 0 radical (unpaired) electrons. The van der Waals surface area contributed by atoms with Gasteiger partial charge in [0.25, 0.3) is 6.08 Å². The lowest BCUT2D eigenvalue weighted by Crippen LogP contribution is -2.13. The fraction of sp³-hybridized carbons (Fsp3) is 0.800. The summed E-state index contributed by atoms with van der Waals surface area (Å²) < 4.78 is 23.4. The maximum Gasteiger partial charge on any atom is 0.266 e. The minimum absolute atomic E-state index is 0.403. The van der Waals surface area contributed by atoms with Crippen molar-refractivity contribution in [2.45, 2.75) is 116 Å². The Morgan fingerprint density at radius 2 is 1.13 bits per heavy atom. The van der Waals surface area contributed by atoms with Gasteiger partial charge >= 0.3 is 0 Å². The number of unbranched alkanes of at least 4 members (excludes halogenated alkanes) is 6. The number of halogens is 2. The van der Waals surface area contributed by atoms with Crippen molar-refractivity contribution in [1.82, 2.24) is 0 Å². The van der Waals surface area contributed by atoms with Crippen molar-refractivity contribution in [3.63, 3.8) is 0 Å². The fourth-order valence-corrected chi connectivity index (χ4v) is 4.38. The standard InChI is InChI=1S/C13H20F2O.C12H20O2/c14-13(15)6-4-2-1-3-5-11-7-9-12(16)10-8-11;13-10-4-2-1-3-5-11-6-8-12(14)9-7-11/h6,11H,1-5,7-10H2;10-11H,1-9H2. The maximum absolute atomic E-state index is 11.7. The number of hydrogen-bond donors (Lipinski definition) is 0. The number of hydrogen-bond acceptors (Lipinski definition) is 3. The van der Waals surface area contributed by atoms with E-state index in [1.54, 1.807) is 0 Å². The van der Waals surface area contributed by atoms with Crippen molar-refractivity contribution in [1.29, 1.82) is 0 Å². The highest BCUT2D eigenvalue weighted by Gasteiger charge is 2.18. The van der Waals surface area contributed by atoms with E-state index in [0.717, 1.165) is 102 Å². The molecule has 2 saturated carbocycles. The summed E-state index contributed by atoms with van der Waals surface area (Å²) in [5.74, 6) is 2.33. The second kappa shape index (κ2) is 17.3. The Kier molecular flexibility index (Phi) is 15.4. The Hall–Kier alpha value is -1.39. The quantitative estimate of drug-likeness (QED) is 0.242. The molecule has 0 bridgehead atoms. The Morgan fingerprint density at radius 3 is 1.53 bits per heavy atom.